The summed E-state index contributed by atoms with van der Waals surface area (Å²) in [5, 5.41) is 24.2. The Kier molecular flexibility index (Phi) is 3.46. The molecule has 98 valence electrons. The average Bonchev–Trinajstić information content (AvgIpc) is 3.12. The van der Waals surface area contributed by atoms with E-state index in [2.05, 4.69) is 26.7 Å². The van der Waals surface area contributed by atoms with Gasteiger partial charge in [-0.05, 0) is 26.7 Å². The standard InChI is InChI=1S/C12H13ClN6/c1-12(2,6-15)19-11-17-9(13)8(5-14)10(18-11)16-7-3-4-7/h7H,3-4H2,1-2H3,(H2,16,17,18,19). The first-order valence-electron chi connectivity index (χ1n) is 5.89. The van der Waals surface area contributed by atoms with Crippen LogP contribution < -0.4 is 10.6 Å². The molecule has 7 heteroatoms. The Bertz CT molecular complexity index is 579. The SMILES string of the molecule is CC(C)(C#N)Nc1nc(Cl)c(C#N)c(NC2CC2)n1. The van der Waals surface area contributed by atoms with E-state index in [1.807, 2.05) is 6.07 Å². The van der Waals surface area contributed by atoms with Gasteiger partial charge in [-0.25, -0.2) is 0 Å². The van der Waals surface area contributed by atoms with Crippen LogP contribution in [0.1, 0.15) is 32.3 Å². The van der Waals surface area contributed by atoms with Crippen LogP contribution in [0.15, 0.2) is 0 Å². The zero-order valence-corrected chi connectivity index (χ0v) is 11.4. The number of hydrogen-bond donors (Lipinski definition) is 2. The molecule has 19 heavy (non-hydrogen) atoms. The van der Waals surface area contributed by atoms with Gasteiger partial charge in [-0.1, -0.05) is 11.6 Å². The third kappa shape index (κ3) is 3.24. The van der Waals surface area contributed by atoms with Crippen LogP contribution in [0.5, 0.6) is 0 Å². The molecule has 1 aliphatic carbocycles. The molecule has 0 spiro atoms. The molecule has 0 atom stereocenters. The van der Waals surface area contributed by atoms with E-state index in [-0.39, 0.29) is 16.7 Å². The van der Waals surface area contributed by atoms with E-state index < -0.39 is 5.54 Å². The minimum atomic E-state index is -0.811. The minimum absolute atomic E-state index is 0.0805. The van der Waals surface area contributed by atoms with Gasteiger partial charge >= 0.3 is 0 Å². The largest absolute Gasteiger partial charge is 0.366 e. The van der Waals surface area contributed by atoms with Crippen molar-refractivity contribution in [3.8, 4) is 12.1 Å². The molecule has 0 bridgehead atoms. The van der Waals surface area contributed by atoms with Crippen molar-refractivity contribution in [1.82, 2.24) is 9.97 Å². The van der Waals surface area contributed by atoms with Crippen LogP contribution in [0.3, 0.4) is 0 Å². The van der Waals surface area contributed by atoms with E-state index in [9.17, 15) is 0 Å². The predicted octanol–water partition coefficient (Wildman–Crippen LogP) is 2.29. The third-order valence-electron chi connectivity index (χ3n) is 2.60. The summed E-state index contributed by atoms with van der Waals surface area (Å²) in [5.41, 5.74) is -0.581. The van der Waals surface area contributed by atoms with Crippen molar-refractivity contribution in [1.29, 1.82) is 10.5 Å². The molecule has 0 saturated heterocycles. The Morgan fingerprint density at radius 1 is 1.32 bits per heavy atom. The number of halogens is 1. The fourth-order valence-corrected chi connectivity index (χ4v) is 1.63. The second-order valence-corrected chi connectivity index (χ2v) is 5.31. The fourth-order valence-electron chi connectivity index (χ4n) is 1.42. The molecule has 1 heterocycles. The lowest BCUT2D eigenvalue weighted by molar-refractivity contribution is 0.717. The van der Waals surface area contributed by atoms with Crippen molar-refractivity contribution in [3.05, 3.63) is 10.7 Å². The van der Waals surface area contributed by atoms with E-state index in [1.165, 1.54) is 0 Å². The highest BCUT2D eigenvalue weighted by molar-refractivity contribution is 6.31. The number of nitrogens with one attached hydrogen (secondary N) is 2. The fraction of sp³-hybridized carbons (Fsp3) is 0.500. The molecule has 0 unspecified atom stereocenters. The van der Waals surface area contributed by atoms with Crippen molar-refractivity contribution in [2.75, 3.05) is 10.6 Å². The molecule has 0 aliphatic heterocycles. The van der Waals surface area contributed by atoms with Crippen LogP contribution >= 0.6 is 11.6 Å². The average molecular weight is 277 g/mol. The summed E-state index contributed by atoms with van der Waals surface area (Å²) in [6.45, 7) is 3.41. The van der Waals surface area contributed by atoms with E-state index in [4.69, 9.17) is 22.1 Å². The quantitative estimate of drug-likeness (QED) is 0.819. The van der Waals surface area contributed by atoms with Gasteiger partial charge in [0.15, 0.2) is 11.0 Å². The van der Waals surface area contributed by atoms with Gasteiger partial charge in [-0.2, -0.15) is 20.5 Å². The Morgan fingerprint density at radius 3 is 2.53 bits per heavy atom. The lowest BCUT2D eigenvalue weighted by Crippen LogP contribution is -2.29. The maximum atomic E-state index is 9.07. The van der Waals surface area contributed by atoms with E-state index in [0.717, 1.165) is 12.8 Å². The monoisotopic (exact) mass is 276 g/mol. The summed E-state index contributed by atoms with van der Waals surface area (Å²) in [5.74, 6) is 0.653. The molecule has 0 aromatic carbocycles. The molecule has 1 aromatic heterocycles. The van der Waals surface area contributed by atoms with Gasteiger partial charge in [0.2, 0.25) is 5.95 Å². The molecular weight excluding hydrogens is 264 g/mol. The normalized spacial score (nSPS) is 14.4. The molecule has 1 aromatic rings. The zero-order valence-electron chi connectivity index (χ0n) is 10.7. The lowest BCUT2D eigenvalue weighted by atomic mass is 10.1. The zero-order chi connectivity index (χ0) is 14.0. The van der Waals surface area contributed by atoms with Crippen LogP contribution in [-0.2, 0) is 0 Å². The minimum Gasteiger partial charge on any atom is -0.366 e. The van der Waals surface area contributed by atoms with Gasteiger partial charge in [0.05, 0.1) is 6.07 Å². The molecule has 1 fully saturated rings. The second kappa shape index (κ2) is 4.91. The van der Waals surface area contributed by atoms with Crippen molar-refractivity contribution in [2.45, 2.75) is 38.3 Å². The summed E-state index contributed by atoms with van der Waals surface area (Å²) in [7, 11) is 0. The maximum Gasteiger partial charge on any atom is 0.227 e. The molecule has 0 radical (unpaired) electrons. The molecule has 1 aliphatic rings. The van der Waals surface area contributed by atoms with Gasteiger partial charge in [-0.15, -0.1) is 0 Å². The molecule has 1 saturated carbocycles. The number of anilines is 2. The Labute approximate surface area is 116 Å². The topological polar surface area (TPSA) is 97.4 Å². The van der Waals surface area contributed by atoms with Crippen molar-refractivity contribution >= 4 is 23.4 Å². The van der Waals surface area contributed by atoms with Gasteiger partial charge < -0.3 is 10.6 Å². The predicted molar refractivity (Wildman–Crippen MR) is 71.7 cm³/mol. The van der Waals surface area contributed by atoms with Crippen LogP contribution in [0, 0.1) is 22.7 Å². The van der Waals surface area contributed by atoms with E-state index in [0.29, 0.717) is 11.9 Å². The highest BCUT2D eigenvalue weighted by Gasteiger charge is 2.25. The first-order chi connectivity index (χ1) is 8.95. The van der Waals surface area contributed by atoms with Crippen LogP contribution in [0.25, 0.3) is 0 Å². The van der Waals surface area contributed by atoms with Gasteiger partial charge in [0.1, 0.15) is 17.2 Å². The molecule has 0 amide bonds. The second-order valence-electron chi connectivity index (χ2n) is 4.95. The summed E-state index contributed by atoms with van der Waals surface area (Å²) in [6, 6.07) is 4.42. The lowest BCUT2D eigenvalue weighted by Gasteiger charge is -2.18. The Balaban J connectivity index is 2.33. The van der Waals surface area contributed by atoms with Crippen molar-refractivity contribution in [3.63, 3.8) is 0 Å². The van der Waals surface area contributed by atoms with Crippen molar-refractivity contribution in [2.24, 2.45) is 0 Å². The highest BCUT2D eigenvalue weighted by Crippen LogP contribution is 2.29. The summed E-state index contributed by atoms with van der Waals surface area (Å²) < 4.78 is 0. The summed E-state index contributed by atoms with van der Waals surface area (Å²) >= 11 is 5.97. The molecule has 2 rings (SSSR count). The van der Waals surface area contributed by atoms with Gasteiger partial charge in [0.25, 0.3) is 0 Å². The number of aromatic nitrogens is 2. The number of nitrogens with zero attached hydrogens (tertiary/aromatic N) is 4. The molecule has 6 nitrogen and oxygen atoms in total. The smallest absolute Gasteiger partial charge is 0.227 e. The first kappa shape index (κ1) is 13.4. The maximum absolute atomic E-state index is 9.07. The highest BCUT2D eigenvalue weighted by atomic mass is 35.5. The van der Waals surface area contributed by atoms with E-state index in [1.54, 1.807) is 13.8 Å². The number of hydrogen-bond acceptors (Lipinski definition) is 6. The molecule has 2 N–H and O–H groups in total. The molecular formula is C12H13ClN6. The first-order valence-corrected chi connectivity index (χ1v) is 6.26. The van der Waals surface area contributed by atoms with Crippen LogP contribution in [0.2, 0.25) is 5.15 Å². The van der Waals surface area contributed by atoms with Crippen molar-refractivity contribution < 1.29 is 0 Å². The summed E-state index contributed by atoms with van der Waals surface area (Å²) in [4.78, 5) is 8.22. The van der Waals surface area contributed by atoms with Gasteiger partial charge in [-0.3, -0.25) is 0 Å². The van der Waals surface area contributed by atoms with E-state index >= 15 is 0 Å². The van der Waals surface area contributed by atoms with Crippen LogP contribution in [-0.4, -0.2) is 21.5 Å². The summed E-state index contributed by atoms with van der Waals surface area (Å²) in [6.07, 6.45) is 2.11. The van der Waals surface area contributed by atoms with Crippen LogP contribution in [0.4, 0.5) is 11.8 Å². The number of rotatable bonds is 4. The number of nitriles is 2. The Hall–Kier alpha value is -2.05. The van der Waals surface area contributed by atoms with Gasteiger partial charge in [0, 0.05) is 6.04 Å². The Morgan fingerprint density at radius 2 is 2.00 bits per heavy atom. The third-order valence-corrected chi connectivity index (χ3v) is 2.87.